The highest BCUT2D eigenvalue weighted by atomic mass is 32.2. The number of ether oxygens (including phenoxy) is 1. The molecule has 0 unspecified atom stereocenters. The van der Waals surface area contributed by atoms with E-state index in [0.717, 1.165) is 5.56 Å². The molecule has 0 saturated heterocycles. The van der Waals surface area contributed by atoms with Gasteiger partial charge in [0, 0.05) is 0 Å². The molecule has 0 atom stereocenters. The van der Waals surface area contributed by atoms with Gasteiger partial charge in [-0.15, -0.1) is 0 Å². The zero-order chi connectivity index (χ0) is 15.0. The van der Waals surface area contributed by atoms with E-state index >= 15 is 0 Å². The quantitative estimate of drug-likeness (QED) is 0.836. The van der Waals surface area contributed by atoms with Crippen LogP contribution in [-0.2, 0) is 10.0 Å². The van der Waals surface area contributed by atoms with Crippen LogP contribution in [0.3, 0.4) is 0 Å². The molecule has 1 fully saturated rings. The van der Waals surface area contributed by atoms with E-state index in [2.05, 4.69) is 4.72 Å². The summed E-state index contributed by atoms with van der Waals surface area (Å²) in [7, 11) is -3.60. The summed E-state index contributed by atoms with van der Waals surface area (Å²) in [5, 5.41) is 9.22. The minimum absolute atomic E-state index is 0.0402. The molecular formula is C14H21NO4S. The molecule has 1 aliphatic rings. The fourth-order valence-electron chi connectivity index (χ4n) is 1.96. The van der Waals surface area contributed by atoms with Crippen molar-refractivity contribution in [2.45, 2.75) is 50.2 Å². The van der Waals surface area contributed by atoms with Gasteiger partial charge in [0.1, 0.15) is 5.75 Å². The minimum atomic E-state index is -3.60. The molecule has 1 aliphatic carbocycles. The molecule has 0 amide bonds. The van der Waals surface area contributed by atoms with Crippen LogP contribution in [-0.4, -0.2) is 31.8 Å². The average molecular weight is 299 g/mol. The minimum Gasteiger partial charge on any atom is -0.491 e. The largest absolute Gasteiger partial charge is 0.491 e. The molecule has 5 nitrogen and oxygen atoms in total. The average Bonchev–Trinajstić information content (AvgIpc) is 3.11. The Morgan fingerprint density at radius 2 is 2.05 bits per heavy atom. The molecule has 1 aromatic rings. The molecule has 2 N–H and O–H groups in total. The molecule has 0 bridgehead atoms. The lowest BCUT2D eigenvalue weighted by molar-refractivity contribution is 0.240. The van der Waals surface area contributed by atoms with E-state index in [4.69, 9.17) is 4.74 Å². The second-order valence-electron chi connectivity index (χ2n) is 5.64. The summed E-state index contributed by atoms with van der Waals surface area (Å²) in [6.45, 7) is 5.49. The predicted octanol–water partition coefficient (Wildman–Crippen LogP) is 1.59. The number of nitrogens with one attached hydrogen (secondary N) is 1. The van der Waals surface area contributed by atoms with Gasteiger partial charge < -0.3 is 9.84 Å². The summed E-state index contributed by atoms with van der Waals surface area (Å²) in [4.78, 5) is 0.200. The van der Waals surface area contributed by atoms with Crippen LogP contribution in [0.2, 0.25) is 0 Å². The molecule has 112 valence electrons. The Morgan fingerprint density at radius 1 is 1.40 bits per heavy atom. The van der Waals surface area contributed by atoms with Gasteiger partial charge in [0.15, 0.2) is 0 Å². The van der Waals surface area contributed by atoms with E-state index in [9.17, 15) is 13.5 Å². The Hall–Kier alpha value is -1.11. The van der Waals surface area contributed by atoms with Gasteiger partial charge >= 0.3 is 0 Å². The Morgan fingerprint density at radius 3 is 2.50 bits per heavy atom. The number of aliphatic hydroxyl groups excluding tert-OH is 1. The number of hydrogen-bond acceptors (Lipinski definition) is 4. The van der Waals surface area contributed by atoms with Gasteiger partial charge in [0.25, 0.3) is 0 Å². The SMILES string of the molecule is Cc1cc(S(=O)(=O)NC2(CO)CC2)ccc1OC(C)C. The number of hydrogen-bond donors (Lipinski definition) is 2. The number of rotatable bonds is 6. The number of aliphatic hydroxyl groups is 1. The van der Waals surface area contributed by atoms with Crippen molar-refractivity contribution in [3.05, 3.63) is 23.8 Å². The number of benzene rings is 1. The molecule has 0 spiro atoms. The van der Waals surface area contributed by atoms with E-state index < -0.39 is 15.6 Å². The van der Waals surface area contributed by atoms with Crippen LogP contribution in [0.5, 0.6) is 5.75 Å². The molecule has 0 aromatic heterocycles. The van der Waals surface area contributed by atoms with Crippen molar-refractivity contribution in [3.63, 3.8) is 0 Å². The standard InChI is InChI=1S/C14H21NO4S/c1-10(2)19-13-5-4-12(8-11(13)3)20(17,18)15-14(9-16)6-7-14/h4-5,8,10,15-16H,6-7,9H2,1-3H3. The first kappa shape index (κ1) is 15.3. The van der Waals surface area contributed by atoms with Crippen LogP contribution in [0, 0.1) is 6.92 Å². The number of aryl methyl sites for hydroxylation is 1. The first-order valence-corrected chi connectivity index (χ1v) is 8.18. The van der Waals surface area contributed by atoms with E-state index in [1.807, 2.05) is 20.8 Å². The normalized spacial score (nSPS) is 17.2. The van der Waals surface area contributed by atoms with Crippen molar-refractivity contribution in [2.75, 3.05) is 6.61 Å². The highest BCUT2D eigenvalue weighted by Crippen LogP contribution is 2.36. The van der Waals surface area contributed by atoms with Gasteiger partial charge in [-0.25, -0.2) is 13.1 Å². The van der Waals surface area contributed by atoms with Crippen molar-refractivity contribution in [3.8, 4) is 5.75 Å². The van der Waals surface area contributed by atoms with Crippen LogP contribution < -0.4 is 9.46 Å². The molecule has 1 aromatic carbocycles. The van der Waals surface area contributed by atoms with Crippen molar-refractivity contribution in [1.29, 1.82) is 0 Å². The van der Waals surface area contributed by atoms with E-state index in [1.54, 1.807) is 12.1 Å². The molecule has 6 heteroatoms. The third-order valence-corrected chi connectivity index (χ3v) is 4.90. The highest BCUT2D eigenvalue weighted by Gasteiger charge is 2.45. The summed E-state index contributed by atoms with van der Waals surface area (Å²) in [6, 6.07) is 4.79. The van der Waals surface area contributed by atoms with Crippen LogP contribution in [0.25, 0.3) is 0 Å². The topological polar surface area (TPSA) is 75.6 Å². The van der Waals surface area contributed by atoms with Gasteiger partial charge in [-0.05, 0) is 57.4 Å². The third kappa shape index (κ3) is 3.31. The fourth-order valence-corrected chi connectivity index (χ4v) is 3.50. The summed E-state index contributed by atoms with van der Waals surface area (Å²) in [5.74, 6) is 0.683. The van der Waals surface area contributed by atoms with Gasteiger partial charge in [-0.3, -0.25) is 0 Å². The highest BCUT2D eigenvalue weighted by molar-refractivity contribution is 7.89. The van der Waals surface area contributed by atoms with Crippen molar-refractivity contribution < 1.29 is 18.3 Å². The maximum atomic E-state index is 12.3. The maximum absolute atomic E-state index is 12.3. The zero-order valence-corrected chi connectivity index (χ0v) is 12.8. The number of sulfonamides is 1. The second kappa shape index (κ2) is 5.35. The van der Waals surface area contributed by atoms with Crippen LogP contribution in [0.15, 0.2) is 23.1 Å². The maximum Gasteiger partial charge on any atom is 0.241 e. The molecule has 2 rings (SSSR count). The Bertz CT molecular complexity index is 591. The molecular weight excluding hydrogens is 278 g/mol. The van der Waals surface area contributed by atoms with E-state index in [0.29, 0.717) is 18.6 Å². The molecule has 0 heterocycles. The van der Waals surface area contributed by atoms with Crippen LogP contribution >= 0.6 is 0 Å². The first-order valence-electron chi connectivity index (χ1n) is 6.70. The first-order chi connectivity index (χ1) is 9.28. The lowest BCUT2D eigenvalue weighted by Crippen LogP contribution is -2.39. The zero-order valence-electron chi connectivity index (χ0n) is 12.0. The van der Waals surface area contributed by atoms with E-state index in [-0.39, 0.29) is 17.6 Å². The lowest BCUT2D eigenvalue weighted by atomic mass is 10.2. The molecule has 0 aliphatic heterocycles. The lowest BCUT2D eigenvalue weighted by Gasteiger charge is -2.16. The van der Waals surface area contributed by atoms with Crippen molar-refractivity contribution in [2.24, 2.45) is 0 Å². The summed E-state index contributed by atoms with van der Waals surface area (Å²) in [6.07, 6.45) is 1.39. The monoisotopic (exact) mass is 299 g/mol. The Balaban J connectivity index is 2.22. The smallest absolute Gasteiger partial charge is 0.241 e. The van der Waals surface area contributed by atoms with Gasteiger partial charge in [0.2, 0.25) is 10.0 Å². The summed E-state index contributed by atoms with van der Waals surface area (Å²) >= 11 is 0. The van der Waals surface area contributed by atoms with Crippen LogP contribution in [0.4, 0.5) is 0 Å². The predicted molar refractivity (Wildman–Crippen MR) is 76.3 cm³/mol. The van der Waals surface area contributed by atoms with Gasteiger partial charge in [-0.2, -0.15) is 0 Å². The summed E-state index contributed by atoms with van der Waals surface area (Å²) in [5.41, 5.74) is 0.121. The van der Waals surface area contributed by atoms with Gasteiger partial charge in [-0.1, -0.05) is 0 Å². The second-order valence-corrected chi connectivity index (χ2v) is 7.32. The molecule has 1 saturated carbocycles. The van der Waals surface area contributed by atoms with E-state index in [1.165, 1.54) is 6.07 Å². The molecule has 0 radical (unpaired) electrons. The van der Waals surface area contributed by atoms with Crippen LogP contribution in [0.1, 0.15) is 32.3 Å². The molecule has 20 heavy (non-hydrogen) atoms. The Kier molecular flexibility index (Phi) is 4.09. The van der Waals surface area contributed by atoms with Gasteiger partial charge in [0.05, 0.1) is 23.1 Å². The van der Waals surface area contributed by atoms with Crippen molar-refractivity contribution >= 4 is 10.0 Å². The fraction of sp³-hybridized carbons (Fsp3) is 0.571. The summed E-state index contributed by atoms with van der Waals surface area (Å²) < 4.78 is 32.7. The van der Waals surface area contributed by atoms with Crippen molar-refractivity contribution in [1.82, 2.24) is 4.72 Å². The third-order valence-electron chi connectivity index (χ3n) is 3.33. The Labute approximate surface area is 120 Å².